The Bertz CT molecular complexity index is 338. The molecule has 0 aliphatic carbocycles. The van der Waals surface area contributed by atoms with Crippen LogP contribution in [0.15, 0.2) is 24.3 Å². The number of benzene rings is 1. The zero-order valence-electron chi connectivity index (χ0n) is 9.37. The number of amides is 1. The van der Waals surface area contributed by atoms with Crippen LogP contribution in [-0.2, 0) is 12.0 Å². The van der Waals surface area contributed by atoms with E-state index in [-0.39, 0.29) is 10.7 Å². The second-order valence-electron chi connectivity index (χ2n) is 4.61. The second kappa shape index (κ2) is 4.71. The molecule has 0 aromatic heterocycles. The Balaban J connectivity index is 2.69. The van der Waals surface area contributed by atoms with Crippen LogP contribution in [0.1, 0.15) is 31.9 Å². The Morgan fingerprint density at radius 3 is 2.20 bits per heavy atom. The van der Waals surface area contributed by atoms with Gasteiger partial charge in [0.2, 0.25) is 0 Å². The molecule has 0 unspecified atom stereocenters. The van der Waals surface area contributed by atoms with Gasteiger partial charge in [-0.05, 0) is 16.5 Å². The summed E-state index contributed by atoms with van der Waals surface area (Å²) in [6.07, 6.45) is 0. The first-order chi connectivity index (χ1) is 6.89. The highest BCUT2D eigenvalue weighted by molar-refractivity contribution is 7.96. The van der Waals surface area contributed by atoms with Crippen molar-refractivity contribution >= 4 is 17.9 Å². The van der Waals surface area contributed by atoms with Crippen molar-refractivity contribution < 1.29 is 4.79 Å². The van der Waals surface area contributed by atoms with E-state index in [0.717, 1.165) is 5.56 Å². The number of carbonyl (C=O) groups is 1. The van der Waals surface area contributed by atoms with Gasteiger partial charge in [-0.2, -0.15) is 0 Å². The normalized spacial score (nSPS) is 11.2. The second-order valence-corrected chi connectivity index (χ2v) is 5.01. The van der Waals surface area contributed by atoms with Crippen molar-refractivity contribution in [3.63, 3.8) is 0 Å². The average molecular weight is 223 g/mol. The highest BCUT2D eigenvalue weighted by Crippen LogP contribution is 2.22. The van der Waals surface area contributed by atoms with E-state index in [0.29, 0.717) is 6.54 Å². The number of rotatable bonds is 2. The average Bonchev–Trinajstić information content (AvgIpc) is 2.14. The molecule has 0 radical (unpaired) electrons. The third-order valence-corrected chi connectivity index (χ3v) is 2.42. The van der Waals surface area contributed by atoms with Gasteiger partial charge in [-0.25, -0.2) is 0 Å². The lowest BCUT2D eigenvalue weighted by Crippen LogP contribution is -2.16. The lowest BCUT2D eigenvalue weighted by molar-refractivity contribution is 0.260. The van der Waals surface area contributed by atoms with Gasteiger partial charge in [0.05, 0.1) is 0 Å². The molecule has 1 aromatic rings. The molecule has 0 fully saturated rings. The van der Waals surface area contributed by atoms with E-state index in [9.17, 15) is 4.79 Å². The number of nitrogens with one attached hydrogen (secondary N) is 1. The Hall–Kier alpha value is -0.960. The SMILES string of the molecule is CC(C)(C)c1ccc(CNC(=O)S)cc1. The molecular formula is C12H17NOS. The third kappa shape index (κ3) is 3.96. The summed E-state index contributed by atoms with van der Waals surface area (Å²) in [5.41, 5.74) is 2.56. The van der Waals surface area contributed by atoms with Crippen molar-refractivity contribution in [3.8, 4) is 0 Å². The van der Waals surface area contributed by atoms with Crippen LogP contribution in [0.25, 0.3) is 0 Å². The van der Waals surface area contributed by atoms with Crippen LogP contribution >= 0.6 is 12.6 Å². The van der Waals surface area contributed by atoms with Crippen molar-refractivity contribution in [1.82, 2.24) is 5.32 Å². The fourth-order valence-electron chi connectivity index (χ4n) is 1.30. The Morgan fingerprint density at radius 2 is 1.80 bits per heavy atom. The minimum absolute atomic E-state index is 0.172. The zero-order valence-corrected chi connectivity index (χ0v) is 10.3. The molecule has 1 rings (SSSR count). The van der Waals surface area contributed by atoms with E-state index < -0.39 is 0 Å². The first-order valence-corrected chi connectivity index (χ1v) is 5.40. The molecule has 0 atom stereocenters. The minimum atomic E-state index is -0.296. The highest BCUT2D eigenvalue weighted by Gasteiger charge is 2.12. The maximum Gasteiger partial charge on any atom is 0.276 e. The molecule has 0 saturated heterocycles. The van der Waals surface area contributed by atoms with E-state index in [1.807, 2.05) is 12.1 Å². The largest absolute Gasteiger partial charge is 0.343 e. The molecule has 0 bridgehead atoms. The quantitative estimate of drug-likeness (QED) is 0.741. The maximum absolute atomic E-state index is 10.6. The summed E-state index contributed by atoms with van der Waals surface area (Å²) >= 11 is 3.64. The van der Waals surface area contributed by atoms with Crippen molar-refractivity contribution in [2.24, 2.45) is 0 Å². The summed E-state index contributed by atoms with van der Waals surface area (Å²) in [5.74, 6) is 0. The molecule has 0 heterocycles. The molecule has 0 spiro atoms. The van der Waals surface area contributed by atoms with Gasteiger partial charge in [0, 0.05) is 6.54 Å². The van der Waals surface area contributed by atoms with Gasteiger partial charge in [0.15, 0.2) is 0 Å². The van der Waals surface area contributed by atoms with Crippen LogP contribution in [0.3, 0.4) is 0 Å². The van der Waals surface area contributed by atoms with Crippen molar-refractivity contribution in [2.75, 3.05) is 0 Å². The van der Waals surface area contributed by atoms with Gasteiger partial charge in [0.25, 0.3) is 5.24 Å². The molecule has 0 aliphatic rings. The van der Waals surface area contributed by atoms with Crippen molar-refractivity contribution in [1.29, 1.82) is 0 Å². The smallest absolute Gasteiger partial charge is 0.276 e. The van der Waals surface area contributed by atoms with Gasteiger partial charge in [-0.3, -0.25) is 4.79 Å². The van der Waals surface area contributed by atoms with Crippen LogP contribution in [0, 0.1) is 0 Å². The van der Waals surface area contributed by atoms with E-state index in [1.165, 1.54) is 5.56 Å². The molecule has 3 heteroatoms. The summed E-state index contributed by atoms with van der Waals surface area (Å²) in [4.78, 5) is 10.6. The molecule has 1 aromatic carbocycles. The number of hydrogen-bond donors (Lipinski definition) is 2. The molecule has 15 heavy (non-hydrogen) atoms. The van der Waals surface area contributed by atoms with Gasteiger partial charge in [0.1, 0.15) is 0 Å². The molecule has 0 saturated carbocycles. The highest BCUT2D eigenvalue weighted by atomic mass is 32.1. The topological polar surface area (TPSA) is 29.1 Å². The van der Waals surface area contributed by atoms with Crippen LogP contribution in [0.5, 0.6) is 0 Å². The van der Waals surface area contributed by atoms with Crippen LogP contribution in [-0.4, -0.2) is 5.24 Å². The molecule has 0 aliphatic heterocycles. The summed E-state index contributed by atoms with van der Waals surface area (Å²) < 4.78 is 0. The maximum atomic E-state index is 10.6. The van der Waals surface area contributed by atoms with Crippen LogP contribution in [0.2, 0.25) is 0 Å². The fraction of sp³-hybridized carbons (Fsp3) is 0.417. The predicted molar refractivity (Wildman–Crippen MR) is 66.4 cm³/mol. The first kappa shape index (κ1) is 12.1. The van der Waals surface area contributed by atoms with E-state index in [4.69, 9.17) is 0 Å². The zero-order chi connectivity index (χ0) is 11.5. The lowest BCUT2D eigenvalue weighted by atomic mass is 9.87. The summed E-state index contributed by atoms with van der Waals surface area (Å²) in [5, 5.41) is 2.35. The predicted octanol–water partition coefficient (Wildman–Crippen LogP) is 3.12. The van der Waals surface area contributed by atoms with Crippen molar-refractivity contribution in [3.05, 3.63) is 35.4 Å². The third-order valence-electron chi connectivity index (χ3n) is 2.26. The molecule has 82 valence electrons. The Labute approximate surface area is 96.5 Å². The van der Waals surface area contributed by atoms with Crippen LogP contribution in [0.4, 0.5) is 4.79 Å². The molecule has 1 amide bonds. The summed E-state index contributed by atoms with van der Waals surface area (Å²) in [6.45, 7) is 7.07. The molecule has 2 nitrogen and oxygen atoms in total. The van der Waals surface area contributed by atoms with Gasteiger partial charge < -0.3 is 5.32 Å². The van der Waals surface area contributed by atoms with Gasteiger partial charge >= 0.3 is 0 Å². The van der Waals surface area contributed by atoms with Crippen molar-refractivity contribution in [2.45, 2.75) is 32.7 Å². The first-order valence-electron chi connectivity index (χ1n) is 4.96. The fourth-order valence-corrected chi connectivity index (χ4v) is 1.38. The van der Waals surface area contributed by atoms with Crippen LogP contribution < -0.4 is 5.32 Å². The Morgan fingerprint density at radius 1 is 1.27 bits per heavy atom. The summed E-state index contributed by atoms with van der Waals surface area (Å²) in [6, 6.07) is 8.26. The van der Waals surface area contributed by atoms with E-state index >= 15 is 0 Å². The summed E-state index contributed by atoms with van der Waals surface area (Å²) in [7, 11) is 0. The monoisotopic (exact) mass is 223 g/mol. The number of hydrogen-bond acceptors (Lipinski definition) is 1. The minimum Gasteiger partial charge on any atom is -0.343 e. The number of carbonyl (C=O) groups excluding carboxylic acids is 1. The van der Waals surface area contributed by atoms with Gasteiger partial charge in [-0.15, -0.1) is 0 Å². The van der Waals surface area contributed by atoms with E-state index in [1.54, 1.807) is 0 Å². The Kier molecular flexibility index (Phi) is 3.80. The number of thiol groups is 1. The lowest BCUT2D eigenvalue weighted by Gasteiger charge is -2.19. The molecular weight excluding hydrogens is 206 g/mol. The van der Waals surface area contributed by atoms with Gasteiger partial charge in [-0.1, -0.05) is 57.7 Å². The standard InChI is InChI=1S/C12H17NOS/c1-12(2,3)10-6-4-9(5-7-10)8-13-11(14)15/h4-7H,8H2,1-3H3,(H2,13,14,15). The molecule has 1 N–H and O–H groups in total. The van der Waals surface area contributed by atoms with E-state index in [2.05, 4.69) is 50.8 Å².